The van der Waals surface area contributed by atoms with Crippen LogP contribution in [0.2, 0.25) is 0 Å². The van der Waals surface area contributed by atoms with Crippen molar-refractivity contribution < 1.29 is 14.3 Å². The van der Waals surface area contributed by atoms with Crippen LogP contribution in [-0.2, 0) is 16.0 Å². The van der Waals surface area contributed by atoms with Crippen LogP contribution < -0.4 is 5.32 Å². The highest BCUT2D eigenvalue weighted by atomic mass is 79.9. The number of para-hydroxylation sites is 1. The third-order valence-corrected chi connectivity index (χ3v) is 4.80. The Bertz CT molecular complexity index is 958. The molecule has 1 amide bonds. The molecular formula is C20H17BrN2O3. The number of fused-ring (bicyclic) bond motifs is 1. The van der Waals surface area contributed by atoms with Crippen molar-refractivity contribution in [1.29, 1.82) is 0 Å². The molecule has 0 fully saturated rings. The molecule has 0 aliphatic carbocycles. The molecule has 1 heterocycles. The molecular weight excluding hydrogens is 396 g/mol. The fourth-order valence-electron chi connectivity index (χ4n) is 2.66. The monoisotopic (exact) mass is 412 g/mol. The fraction of sp³-hybridized carbons (Fsp3) is 0.150. The van der Waals surface area contributed by atoms with Crippen LogP contribution in [0.4, 0.5) is 0 Å². The second-order valence-electron chi connectivity index (χ2n) is 5.76. The number of nitrogens with zero attached hydrogens (tertiary/aromatic N) is 1. The highest BCUT2D eigenvalue weighted by molar-refractivity contribution is 9.10. The molecule has 0 unspecified atom stereocenters. The normalized spacial score (nSPS) is 11.8. The summed E-state index contributed by atoms with van der Waals surface area (Å²) >= 11 is 3.46. The Morgan fingerprint density at radius 1 is 1.15 bits per heavy atom. The largest absolute Gasteiger partial charge is 0.467 e. The molecule has 132 valence electrons. The molecule has 2 aromatic carbocycles. The van der Waals surface area contributed by atoms with Crippen molar-refractivity contribution in [2.75, 3.05) is 7.11 Å². The fourth-order valence-corrected chi connectivity index (χ4v) is 3.10. The Morgan fingerprint density at radius 3 is 2.65 bits per heavy atom. The Hall–Kier alpha value is -2.73. The molecule has 3 aromatic rings. The van der Waals surface area contributed by atoms with Crippen LogP contribution in [0.3, 0.4) is 0 Å². The van der Waals surface area contributed by atoms with Crippen LogP contribution in [0.15, 0.2) is 65.3 Å². The predicted molar refractivity (Wildman–Crippen MR) is 103 cm³/mol. The van der Waals surface area contributed by atoms with E-state index in [1.54, 1.807) is 6.07 Å². The number of carbonyl (C=O) groups is 2. The van der Waals surface area contributed by atoms with Gasteiger partial charge in [0, 0.05) is 22.5 Å². The highest BCUT2D eigenvalue weighted by Crippen LogP contribution is 2.18. The smallest absolute Gasteiger partial charge is 0.328 e. The summed E-state index contributed by atoms with van der Waals surface area (Å²) in [5, 5.41) is 3.61. The van der Waals surface area contributed by atoms with Crippen LogP contribution in [0, 0.1) is 0 Å². The SMILES string of the molecule is COC(=O)[C@H](Cc1ccccc1Br)NC(=O)c1cnc2ccccc2c1. The second kappa shape index (κ2) is 8.10. The maximum atomic E-state index is 12.6. The number of benzene rings is 2. The van der Waals surface area contributed by atoms with Crippen LogP contribution in [-0.4, -0.2) is 30.0 Å². The minimum Gasteiger partial charge on any atom is -0.467 e. The maximum Gasteiger partial charge on any atom is 0.328 e. The summed E-state index contributed by atoms with van der Waals surface area (Å²) in [6.07, 6.45) is 1.82. The van der Waals surface area contributed by atoms with Gasteiger partial charge in [-0.15, -0.1) is 0 Å². The van der Waals surface area contributed by atoms with Gasteiger partial charge in [-0.25, -0.2) is 4.79 Å². The van der Waals surface area contributed by atoms with Crippen molar-refractivity contribution in [3.8, 4) is 0 Å². The van der Waals surface area contributed by atoms with Gasteiger partial charge in [0.15, 0.2) is 0 Å². The zero-order valence-corrected chi connectivity index (χ0v) is 15.7. The van der Waals surface area contributed by atoms with E-state index in [4.69, 9.17) is 4.74 Å². The minimum atomic E-state index is -0.794. The molecule has 0 aliphatic rings. The molecule has 26 heavy (non-hydrogen) atoms. The molecule has 0 aliphatic heterocycles. The third kappa shape index (κ3) is 4.08. The Kier molecular flexibility index (Phi) is 5.63. The molecule has 6 heteroatoms. The average molecular weight is 413 g/mol. The van der Waals surface area contributed by atoms with Crippen molar-refractivity contribution in [3.05, 3.63) is 76.4 Å². The zero-order chi connectivity index (χ0) is 18.5. The summed E-state index contributed by atoms with van der Waals surface area (Å²) < 4.78 is 5.72. The number of carbonyl (C=O) groups excluding carboxylic acids is 2. The van der Waals surface area contributed by atoms with E-state index in [1.807, 2.05) is 48.5 Å². The molecule has 1 atom stereocenters. The quantitative estimate of drug-likeness (QED) is 0.651. The molecule has 0 saturated carbocycles. The maximum absolute atomic E-state index is 12.6. The van der Waals surface area contributed by atoms with Gasteiger partial charge in [-0.2, -0.15) is 0 Å². The van der Waals surface area contributed by atoms with Gasteiger partial charge in [0.1, 0.15) is 6.04 Å². The molecule has 1 aromatic heterocycles. The Balaban J connectivity index is 1.82. The zero-order valence-electron chi connectivity index (χ0n) is 14.1. The van der Waals surface area contributed by atoms with Crippen molar-refractivity contribution in [2.45, 2.75) is 12.5 Å². The van der Waals surface area contributed by atoms with Crippen molar-refractivity contribution in [1.82, 2.24) is 10.3 Å². The number of aromatic nitrogens is 1. The van der Waals surface area contributed by atoms with E-state index in [0.29, 0.717) is 12.0 Å². The number of ether oxygens (including phenoxy) is 1. The van der Waals surface area contributed by atoms with Crippen LogP contribution in [0.1, 0.15) is 15.9 Å². The predicted octanol–water partition coefficient (Wildman–Crippen LogP) is 3.51. The number of rotatable bonds is 5. The van der Waals surface area contributed by atoms with Crippen LogP contribution in [0.25, 0.3) is 10.9 Å². The lowest BCUT2D eigenvalue weighted by Gasteiger charge is -2.17. The standard InChI is InChI=1S/C20H17BrN2O3/c1-26-20(25)18(11-13-6-2-4-8-16(13)21)23-19(24)15-10-14-7-3-5-9-17(14)22-12-15/h2-10,12,18H,11H2,1H3,(H,23,24)/t18-/m0/s1. The van der Waals surface area contributed by atoms with E-state index in [2.05, 4.69) is 26.2 Å². The van der Waals surface area contributed by atoms with Crippen LogP contribution >= 0.6 is 15.9 Å². The van der Waals surface area contributed by atoms with Crippen molar-refractivity contribution in [3.63, 3.8) is 0 Å². The van der Waals surface area contributed by atoms with Gasteiger partial charge in [0.2, 0.25) is 0 Å². The Labute approximate surface area is 159 Å². The van der Waals surface area contributed by atoms with Gasteiger partial charge in [0.05, 0.1) is 18.2 Å². The van der Waals surface area contributed by atoms with E-state index in [9.17, 15) is 9.59 Å². The first-order chi connectivity index (χ1) is 12.6. The van der Waals surface area contributed by atoms with Gasteiger partial charge in [0.25, 0.3) is 5.91 Å². The first-order valence-electron chi connectivity index (χ1n) is 8.05. The van der Waals surface area contributed by atoms with Crippen molar-refractivity contribution >= 4 is 38.7 Å². The van der Waals surface area contributed by atoms with Gasteiger partial charge >= 0.3 is 5.97 Å². The summed E-state index contributed by atoms with van der Waals surface area (Å²) in [6.45, 7) is 0. The van der Waals surface area contributed by atoms with Gasteiger partial charge < -0.3 is 10.1 Å². The molecule has 0 radical (unpaired) electrons. The molecule has 0 saturated heterocycles. The molecule has 1 N–H and O–H groups in total. The lowest BCUT2D eigenvalue weighted by atomic mass is 10.1. The number of methoxy groups -OCH3 is 1. The highest BCUT2D eigenvalue weighted by Gasteiger charge is 2.23. The van der Waals surface area contributed by atoms with Gasteiger partial charge in [-0.1, -0.05) is 52.3 Å². The molecule has 0 bridgehead atoms. The summed E-state index contributed by atoms with van der Waals surface area (Å²) in [5.74, 6) is -0.867. The number of hydrogen-bond donors (Lipinski definition) is 1. The lowest BCUT2D eigenvalue weighted by molar-refractivity contribution is -0.142. The number of amides is 1. The summed E-state index contributed by atoms with van der Waals surface area (Å²) in [7, 11) is 1.30. The summed E-state index contributed by atoms with van der Waals surface area (Å²) in [6, 6.07) is 16.0. The molecule has 0 spiro atoms. The molecule has 3 rings (SSSR count). The number of pyridine rings is 1. The van der Waals surface area contributed by atoms with E-state index < -0.39 is 12.0 Å². The molecule has 5 nitrogen and oxygen atoms in total. The first kappa shape index (κ1) is 18.1. The summed E-state index contributed by atoms with van der Waals surface area (Å²) in [5.41, 5.74) is 2.10. The van der Waals surface area contributed by atoms with Gasteiger partial charge in [-0.05, 0) is 23.8 Å². The van der Waals surface area contributed by atoms with E-state index >= 15 is 0 Å². The third-order valence-electron chi connectivity index (χ3n) is 4.03. The number of halogens is 1. The summed E-state index contributed by atoms with van der Waals surface area (Å²) in [4.78, 5) is 29.1. The van der Waals surface area contributed by atoms with Crippen LogP contribution in [0.5, 0.6) is 0 Å². The Morgan fingerprint density at radius 2 is 1.88 bits per heavy atom. The first-order valence-corrected chi connectivity index (χ1v) is 8.84. The van der Waals surface area contributed by atoms with Gasteiger partial charge in [-0.3, -0.25) is 9.78 Å². The topological polar surface area (TPSA) is 68.3 Å². The minimum absolute atomic E-state index is 0.320. The van der Waals surface area contributed by atoms with Crippen molar-refractivity contribution in [2.24, 2.45) is 0 Å². The van der Waals surface area contributed by atoms with E-state index in [1.165, 1.54) is 13.3 Å². The number of hydrogen-bond acceptors (Lipinski definition) is 4. The van der Waals surface area contributed by atoms with E-state index in [0.717, 1.165) is 20.9 Å². The number of nitrogens with one attached hydrogen (secondary N) is 1. The average Bonchev–Trinajstić information content (AvgIpc) is 2.68. The second-order valence-corrected chi connectivity index (χ2v) is 6.62. The van der Waals surface area contributed by atoms with E-state index in [-0.39, 0.29) is 5.91 Å². The number of esters is 1. The lowest BCUT2D eigenvalue weighted by Crippen LogP contribution is -2.43.